The SMILES string of the molecule is CC1=C[C@@H](O)[C@H](N=[N+]=[N-])[C@H](O)C1. The number of hydrogen-bond acceptors (Lipinski definition) is 3. The number of aliphatic hydroxyl groups excluding tert-OH is 2. The lowest BCUT2D eigenvalue weighted by Crippen LogP contribution is -2.37. The third kappa shape index (κ3) is 1.76. The van der Waals surface area contributed by atoms with Gasteiger partial charge in [-0.25, -0.2) is 0 Å². The van der Waals surface area contributed by atoms with Crippen molar-refractivity contribution in [3.05, 3.63) is 22.1 Å². The van der Waals surface area contributed by atoms with Crippen molar-refractivity contribution in [3.63, 3.8) is 0 Å². The summed E-state index contributed by atoms with van der Waals surface area (Å²) < 4.78 is 0. The van der Waals surface area contributed by atoms with Crippen molar-refractivity contribution < 1.29 is 10.2 Å². The fraction of sp³-hybridized carbons (Fsp3) is 0.714. The van der Waals surface area contributed by atoms with Gasteiger partial charge in [-0.1, -0.05) is 16.8 Å². The van der Waals surface area contributed by atoms with Gasteiger partial charge in [0, 0.05) is 4.91 Å². The van der Waals surface area contributed by atoms with Crippen LogP contribution in [0, 0.1) is 0 Å². The van der Waals surface area contributed by atoms with Crippen molar-refractivity contribution in [2.24, 2.45) is 5.11 Å². The van der Waals surface area contributed by atoms with Gasteiger partial charge < -0.3 is 10.2 Å². The maximum Gasteiger partial charge on any atom is 0.0931 e. The molecule has 1 aliphatic rings. The maximum absolute atomic E-state index is 9.38. The van der Waals surface area contributed by atoms with Crippen molar-refractivity contribution >= 4 is 0 Å². The molecule has 0 aliphatic heterocycles. The van der Waals surface area contributed by atoms with E-state index < -0.39 is 18.2 Å². The van der Waals surface area contributed by atoms with Crippen molar-refractivity contribution in [3.8, 4) is 0 Å². The Morgan fingerprint density at radius 2 is 2.33 bits per heavy atom. The zero-order valence-electron chi connectivity index (χ0n) is 6.75. The quantitative estimate of drug-likeness (QED) is 0.262. The van der Waals surface area contributed by atoms with Gasteiger partial charge in [0.05, 0.1) is 18.2 Å². The van der Waals surface area contributed by atoms with Gasteiger partial charge in [-0.05, 0) is 18.9 Å². The summed E-state index contributed by atoms with van der Waals surface area (Å²) in [5.41, 5.74) is 9.05. The molecule has 0 aromatic rings. The highest BCUT2D eigenvalue weighted by Crippen LogP contribution is 2.21. The molecule has 0 saturated carbocycles. The molecule has 12 heavy (non-hydrogen) atoms. The third-order valence-electron chi connectivity index (χ3n) is 1.92. The van der Waals surface area contributed by atoms with E-state index in [2.05, 4.69) is 10.0 Å². The number of nitrogens with zero attached hydrogens (tertiary/aromatic N) is 3. The van der Waals surface area contributed by atoms with Gasteiger partial charge in [0.15, 0.2) is 0 Å². The van der Waals surface area contributed by atoms with E-state index in [1.807, 2.05) is 6.92 Å². The van der Waals surface area contributed by atoms with Gasteiger partial charge in [0.2, 0.25) is 0 Å². The fourth-order valence-electron chi connectivity index (χ4n) is 1.34. The lowest BCUT2D eigenvalue weighted by Gasteiger charge is -2.26. The highest BCUT2D eigenvalue weighted by molar-refractivity contribution is 5.13. The average molecular weight is 169 g/mol. The van der Waals surface area contributed by atoms with Crippen molar-refractivity contribution in [1.29, 1.82) is 0 Å². The standard InChI is InChI=1S/C7H11N3O2/c1-4-2-5(11)7(9-10-8)6(12)3-4/h2,5-7,11-12H,3H2,1H3/t5-,6-,7+/m1/s1. The van der Waals surface area contributed by atoms with E-state index in [-0.39, 0.29) is 0 Å². The summed E-state index contributed by atoms with van der Waals surface area (Å²) in [6.07, 6.45) is 0.442. The predicted molar refractivity (Wildman–Crippen MR) is 43.3 cm³/mol. The van der Waals surface area contributed by atoms with Crippen molar-refractivity contribution in [2.75, 3.05) is 0 Å². The molecule has 1 aliphatic carbocycles. The van der Waals surface area contributed by atoms with Crippen LogP contribution in [0.1, 0.15) is 13.3 Å². The molecule has 0 amide bonds. The molecule has 0 saturated heterocycles. The van der Waals surface area contributed by atoms with Gasteiger partial charge in [0.25, 0.3) is 0 Å². The summed E-state index contributed by atoms with van der Waals surface area (Å²) in [7, 11) is 0. The summed E-state index contributed by atoms with van der Waals surface area (Å²) in [6, 6.07) is -0.737. The van der Waals surface area contributed by atoms with Crippen molar-refractivity contribution in [1.82, 2.24) is 0 Å². The Bertz CT molecular complexity index is 245. The van der Waals surface area contributed by atoms with Crippen LogP contribution >= 0.6 is 0 Å². The van der Waals surface area contributed by atoms with Crippen LogP contribution in [0.15, 0.2) is 16.8 Å². The Balaban J connectivity index is 2.82. The summed E-state index contributed by atoms with van der Waals surface area (Å²) in [5.74, 6) is 0. The topological polar surface area (TPSA) is 89.2 Å². The summed E-state index contributed by atoms with van der Waals surface area (Å²) in [6.45, 7) is 1.82. The molecule has 2 N–H and O–H groups in total. The van der Waals surface area contributed by atoms with Crippen LogP contribution in [0.5, 0.6) is 0 Å². The van der Waals surface area contributed by atoms with Crippen LogP contribution in [0.3, 0.4) is 0 Å². The second-order valence-corrected chi connectivity index (χ2v) is 2.97. The highest BCUT2D eigenvalue weighted by Gasteiger charge is 2.28. The molecule has 1 rings (SSSR count). The van der Waals surface area contributed by atoms with Gasteiger partial charge >= 0.3 is 0 Å². The summed E-state index contributed by atoms with van der Waals surface area (Å²) >= 11 is 0. The van der Waals surface area contributed by atoms with E-state index in [9.17, 15) is 10.2 Å². The number of azide groups is 1. The molecular weight excluding hydrogens is 158 g/mol. The normalized spacial score (nSPS) is 35.2. The van der Waals surface area contributed by atoms with Crippen LogP contribution in [0.25, 0.3) is 10.4 Å². The van der Waals surface area contributed by atoms with E-state index in [1.54, 1.807) is 6.08 Å². The van der Waals surface area contributed by atoms with Crippen molar-refractivity contribution in [2.45, 2.75) is 31.6 Å². The van der Waals surface area contributed by atoms with Crippen LogP contribution in [-0.4, -0.2) is 28.5 Å². The van der Waals surface area contributed by atoms with Crippen LogP contribution in [-0.2, 0) is 0 Å². The molecule has 0 fully saturated rings. The van der Waals surface area contributed by atoms with Gasteiger partial charge in [-0.3, -0.25) is 0 Å². The number of hydrogen-bond donors (Lipinski definition) is 2. The summed E-state index contributed by atoms with van der Waals surface area (Å²) in [4.78, 5) is 2.56. The Labute approximate surface area is 70.0 Å². The molecule has 0 aromatic carbocycles. The molecule has 5 heteroatoms. The highest BCUT2D eigenvalue weighted by atomic mass is 16.3. The van der Waals surface area contributed by atoms with Crippen LogP contribution < -0.4 is 0 Å². The number of rotatable bonds is 1. The first-order chi connectivity index (χ1) is 5.65. The third-order valence-corrected chi connectivity index (χ3v) is 1.92. The van der Waals surface area contributed by atoms with E-state index >= 15 is 0 Å². The van der Waals surface area contributed by atoms with E-state index in [0.717, 1.165) is 5.57 Å². The lowest BCUT2D eigenvalue weighted by atomic mass is 9.92. The maximum atomic E-state index is 9.38. The van der Waals surface area contributed by atoms with Crippen LogP contribution in [0.4, 0.5) is 0 Å². The molecule has 0 spiro atoms. The molecule has 0 bridgehead atoms. The van der Waals surface area contributed by atoms with Crippen LogP contribution in [0.2, 0.25) is 0 Å². The fourth-order valence-corrected chi connectivity index (χ4v) is 1.34. The van der Waals surface area contributed by atoms with Gasteiger partial charge in [0.1, 0.15) is 0 Å². The largest absolute Gasteiger partial charge is 0.392 e. The monoisotopic (exact) mass is 169 g/mol. The lowest BCUT2D eigenvalue weighted by molar-refractivity contribution is 0.0692. The first-order valence-corrected chi connectivity index (χ1v) is 3.73. The number of aliphatic hydroxyl groups is 2. The predicted octanol–water partition coefficient (Wildman–Crippen LogP) is 0.737. The molecule has 66 valence electrons. The molecule has 0 heterocycles. The Kier molecular flexibility index (Phi) is 2.70. The zero-order valence-corrected chi connectivity index (χ0v) is 6.75. The minimum atomic E-state index is -0.857. The van der Waals surface area contributed by atoms with E-state index in [4.69, 9.17) is 5.53 Å². The first kappa shape index (κ1) is 9.06. The second-order valence-electron chi connectivity index (χ2n) is 2.97. The van der Waals surface area contributed by atoms with Gasteiger partial charge in [-0.2, -0.15) is 0 Å². The smallest absolute Gasteiger partial charge is 0.0931 e. The summed E-state index contributed by atoms with van der Waals surface area (Å²) in [5, 5.41) is 22.0. The van der Waals surface area contributed by atoms with Gasteiger partial charge in [-0.15, -0.1) is 0 Å². The van der Waals surface area contributed by atoms with E-state index in [0.29, 0.717) is 6.42 Å². The zero-order chi connectivity index (χ0) is 9.14. The minimum Gasteiger partial charge on any atom is -0.392 e. The second kappa shape index (κ2) is 3.58. The first-order valence-electron chi connectivity index (χ1n) is 3.73. The average Bonchev–Trinajstić information content (AvgIpc) is 1.96. The molecule has 0 unspecified atom stereocenters. The molecular formula is C7H11N3O2. The Hall–Kier alpha value is -1.03. The van der Waals surface area contributed by atoms with E-state index in [1.165, 1.54) is 0 Å². The Morgan fingerprint density at radius 1 is 1.67 bits per heavy atom. The molecule has 5 nitrogen and oxygen atoms in total. The Morgan fingerprint density at radius 3 is 2.83 bits per heavy atom. The molecule has 3 atom stereocenters. The molecule has 0 radical (unpaired) electrons. The minimum absolute atomic E-state index is 0.459. The molecule has 0 aromatic heterocycles.